The van der Waals surface area contributed by atoms with E-state index in [0.29, 0.717) is 17.4 Å². The molecule has 2 amide bonds. The highest BCUT2D eigenvalue weighted by atomic mass is 32.1. The first kappa shape index (κ1) is 18.8. The molecule has 0 saturated carbocycles. The Morgan fingerprint density at radius 1 is 1.22 bits per heavy atom. The van der Waals surface area contributed by atoms with Gasteiger partial charge in [-0.15, -0.1) is 11.3 Å². The molecule has 1 aromatic carbocycles. The van der Waals surface area contributed by atoms with Crippen LogP contribution in [0.4, 0.5) is 5.13 Å². The van der Waals surface area contributed by atoms with Crippen molar-refractivity contribution in [3.8, 4) is 5.69 Å². The number of rotatable bonds is 5. The minimum atomic E-state index is -0.212. The number of para-hydroxylation sites is 1. The van der Waals surface area contributed by atoms with Crippen LogP contribution in [0.25, 0.3) is 5.69 Å². The van der Waals surface area contributed by atoms with Crippen LogP contribution in [0.3, 0.4) is 0 Å². The number of aryl methyl sites for hydroxylation is 1. The number of benzene rings is 1. The number of nitrogens with one attached hydrogen (secondary N) is 1. The maximum atomic E-state index is 12.7. The van der Waals surface area contributed by atoms with E-state index in [1.54, 1.807) is 17.3 Å². The third kappa shape index (κ3) is 4.06. The Morgan fingerprint density at radius 3 is 2.59 bits per heavy atom. The van der Waals surface area contributed by atoms with Gasteiger partial charge in [0.1, 0.15) is 5.69 Å². The third-order valence-corrected chi connectivity index (χ3v) is 4.95. The van der Waals surface area contributed by atoms with Crippen molar-refractivity contribution in [1.29, 1.82) is 0 Å². The Bertz CT molecular complexity index is 977. The first-order chi connectivity index (χ1) is 12.9. The van der Waals surface area contributed by atoms with Gasteiger partial charge in [-0.1, -0.05) is 18.2 Å². The van der Waals surface area contributed by atoms with Gasteiger partial charge in [0.05, 0.1) is 11.4 Å². The molecule has 0 radical (unpaired) electrons. The standard InChI is InChI=1S/C19H21N5O2S/c1-12-16(13(2)24(22-12)15-8-6-5-7-9-15)10-23(4)18(26)17-11-27-19(21-17)20-14(3)25/h5-9,11H,10H2,1-4H3,(H,20,21,25). The number of amides is 2. The monoisotopic (exact) mass is 383 g/mol. The minimum Gasteiger partial charge on any atom is -0.336 e. The fourth-order valence-corrected chi connectivity index (χ4v) is 3.54. The summed E-state index contributed by atoms with van der Waals surface area (Å²) in [6, 6.07) is 9.89. The maximum absolute atomic E-state index is 12.7. The third-order valence-electron chi connectivity index (χ3n) is 4.19. The summed E-state index contributed by atoms with van der Waals surface area (Å²) in [7, 11) is 1.73. The smallest absolute Gasteiger partial charge is 0.273 e. The van der Waals surface area contributed by atoms with Crippen molar-refractivity contribution >= 4 is 28.3 Å². The lowest BCUT2D eigenvalue weighted by Crippen LogP contribution is -2.27. The molecule has 140 valence electrons. The molecule has 1 N–H and O–H groups in total. The van der Waals surface area contributed by atoms with E-state index in [1.807, 2.05) is 48.9 Å². The van der Waals surface area contributed by atoms with E-state index in [9.17, 15) is 9.59 Å². The lowest BCUT2D eigenvalue weighted by atomic mass is 10.2. The molecule has 0 fully saturated rings. The van der Waals surface area contributed by atoms with Crippen LogP contribution in [0.2, 0.25) is 0 Å². The molecule has 0 aliphatic carbocycles. The lowest BCUT2D eigenvalue weighted by molar-refractivity contribution is -0.114. The molecule has 3 rings (SSSR count). The topological polar surface area (TPSA) is 80.1 Å². The number of carbonyl (C=O) groups excluding carboxylic acids is 2. The van der Waals surface area contributed by atoms with Gasteiger partial charge in [0, 0.05) is 37.2 Å². The van der Waals surface area contributed by atoms with E-state index in [0.717, 1.165) is 22.6 Å². The van der Waals surface area contributed by atoms with Crippen molar-refractivity contribution in [3.05, 3.63) is 58.4 Å². The number of anilines is 1. The highest BCUT2D eigenvalue weighted by Gasteiger charge is 2.20. The first-order valence-electron chi connectivity index (χ1n) is 8.46. The van der Waals surface area contributed by atoms with Gasteiger partial charge in [0.2, 0.25) is 5.91 Å². The average Bonchev–Trinajstić information content (AvgIpc) is 3.21. The van der Waals surface area contributed by atoms with Crippen LogP contribution in [-0.2, 0) is 11.3 Å². The molecule has 0 atom stereocenters. The SMILES string of the molecule is CC(=O)Nc1nc(C(=O)N(C)Cc2c(C)nn(-c3ccccc3)c2C)cs1. The highest BCUT2D eigenvalue weighted by molar-refractivity contribution is 7.14. The fraction of sp³-hybridized carbons (Fsp3) is 0.263. The molecule has 27 heavy (non-hydrogen) atoms. The van der Waals surface area contributed by atoms with Crippen LogP contribution in [0, 0.1) is 13.8 Å². The zero-order valence-electron chi connectivity index (χ0n) is 15.7. The van der Waals surface area contributed by atoms with Crippen LogP contribution in [0.15, 0.2) is 35.7 Å². The normalized spacial score (nSPS) is 10.7. The number of nitrogens with zero attached hydrogens (tertiary/aromatic N) is 4. The van der Waals surface area contributed by atoms with Gasteiger partial charge in [-0.05, 0) is 26.0 Å². The van der Waals surface area contributed by atoms with E-state index in [1.165, 1.54) is 18.3 Å². The largest absolute Gasteiger partial charge is 0.336 e. The predicted octanol–water partition coefficient (Wildman–Crippen LogP) is 3.18. The zero-order chi connectivity index (χ0) is 19.6. The average molecular weight is 383 g/mol. The molecule has 0 bridgehead atoms. The molecule has 0 unspecified atom stereocenters. The Balaban J connectivity index is 1.79. The molecule has 2 aromatic heterocycles. The van der Waals surface area contributed by atoms with E-state index in [2.05, 4.69) is 15.4 Å². The van der Waals surface area contributed by atoms with Gasteiger partial charge in [0.15, 0.2) is 5.13 Å². The maximum Gasteiger partial charge on any atom is 0.273 e. The fourth-order valence-electron chi connectivity index (χ4n) is 2.81. The van der Waals surface area contributed by atoms with Crippen molar-refractivity contribution in [2.45, 2.75) is 27.3 Å². The summed E-state index contributed by atoms with van der Waals surface area (Å²) in [5.74, 6) is -0.412. The molecular formula is C19H21N5O2S. The summed E-state index contributed by atoms with van der Waals surface area (Å²) in [6.07, 6.45) is 0. The summed E-state index contributed by atoms with van der Waals surface area (Å²) in [4.78, 5) is 29.6. The zero-order valence-corrected chi connectivity index (χ0v) is 16.5. The van der Waals surface area contributed by atoms with E-state index >= 15 is 0 Å². The lowest BCUT2D eigenvalue weighted by Gasteiger charge is -2.16. The molecule has 7 nitrogen and oxygen atoms in total. The predicted molar refractivity (Wildman–Crippen MR) is 105 cm³/mol. The Hall–Kier alpha value is -3.00. The molecule has 0 saturated heterocycles. The second-order valence-electron chi connectivity index (χ2n) is 6.28. The summed E-state index contributed by atoms with van der Waals surface area (Å²) >= 11 is 1.23. The van der Waals surface area contributed by atoms with Crippen LogP contribution in [0.1, 0.15) is 34.4 Å². The Kier molecular flexibility index (Phi) is 5.36. The quantitative estimate of drug-likeness (QED) is 0.734. The van der Waals surface area contributed by atoms with Gasteiger partial charge in [-0.25, -0.2) is 9.67 Å². The molecule has 0 spiro atoms. The molecule has 0 aliphatic rings. The number of hydrogen-bond donors (Lipinski definition) is 1. The molecule has 8 heteroatoms. The van der Waals surface area contributed by atoms with Crippen molar-refractivity contribution in [2.75, 3.05) is 12.4 Å². The Labute approximate surface area is 161 Å². The number of carbonyl (C=O) groups is 2. The van der Waals surface area contributed by atoms with Gasteiger partial charge in [-0.2, -0.15) is 5.10 Å². The number of hydrogen-bond acceptors (Lipinski definition) is 5. The van der Waals surface area contributed by atoms with E-state index in [-0.39, 0.29) is 11.8 Å². The summed E-state index contributed by atoms with van der Waals surface area (Å²) in [6.45, 7) is 5.78. The Morgan fingerprint density at radius 2 is 1.93 bits per heavy atom. The van der Waals surface area contributed by atoms with Crippen molar-refractivity contribution in [3.63, 3.8) is 0 Å². The van der Waals surface area contributed by atoms with Gasteiger partial charge in [0.25, 0.3) is 5.91 Å². The van der Waals surface area contributed by atoms with E-state index < -0.39 is 0 Å². The minimum absolute atomic E-state index is 0.200. The van der Waals surface area contributed by atoms with Crippen molar-refractivity contribution in [1.82, 2.24) is 19.7 Å². The first-order valence-corrected chi connectivity index (χ1v) is 9.34. The van der Waals surface area contributed by atoms with E-state index in [4.69, 9.17) is 0 Å². The number of thiazole rings is 1. The summed E-state index contributed by atoms with van der Waals surface area (Å²) in [5, 5.41) is 9.28. The summed E-state index contributed by atoms with van der Waals surface area (Å²) in [5.41, 5.74) is 4.19. The van der Waals surface area contributed by atoms with Crippen LogP contribution in [-0.4, -0.2) is 38.5 Å². The number of aromatic nitrogens is 3. The van der Waals surface area contributed by atoms with Gasteiger partial charge < -0.3 is 10.2 Å². The molecule has 0 aliphatic heterocycles. The van der Waals surface area contributed by atoms with Crippen LogP contribution >= 0.6 is 11.3 Å². The van der Waals surface area contributed by atoms with Gasteiger partial charge >= 0.3 is 0 Å². The molecular weight excluding hydrogens is 362 g/mol. The highest BCUT2D eigenvalue weighted by Crippen LogP contribution is 2.21. The second kappa shape index (κ2) is 7.71. The van der Waals surface area contributed by atoms with Crippen molar-refractivity contribution in [2.24, 2.45) is 0 Å². The molecule has 2 heterocycles. The van der Waals surface area contributed by atoms with Crippen LogP contribution < -0.4 is 5.32 Å². The second-order valence-corrected chi connectivity index (χ2v) is 7.14. The van der Waals surface area contributed by atoms with Crippen LogP contribution in [0.5, 0.6) is 0 Å². The van der Waals surface area contributed by atoms with Crippen molar-refractivity contribution < 1.29 is 9.59 Å². The van der Waals surface area contributed by atoms with Gasteiger partial charge in [-0.3, -0.25) is 9.59 Å². The summed E-state index contributed by atoms with van der Waals surface area (Å²) < 4.78 is 1.89. The molecule has 3 aromatic rings.